The molecule has 0 saturated heterocycles. The van der Waals surface area contributed by atoms with Gasteiger partial charge in [0.05, 0.1) is 16.3 Å². The van der Waals surface area contributed by atoms with Gasteiger partial charge >= 0.3 is 5.97 Å². The molecule has 0 saturated carbocycles. The predicted molar refractivity (Wildman–Crippen MR) is 80.1 cm³/mol. The van der Waals surface area contributed by atoms with Crippen LogP contribution < -0.4 is 5.32 Å². The van der Waals surface area contributed by atoms with Gasteiger partial charge in [0.25, 0.3) is 5.91 Å². The number of para-hydroxylation sites is 1. The molecule has 20 heavy (non-hydrogen) atoms. The number of carboxylic acids is 1. The highest BCUT2D eigenvalue weighted by Gasteiger charge is 2.16. The Hall–Kier alpha value is -1.56. The van der Waals surface area contributed by atoms with Crippen LogP contribution in [0.15, 0.2) is 30.3 Å². The first-order valence-electron chi connectivity index (χ1n) is 5.53. The number of halogens is 2. The quantitative estimate of drug-likeness (QED) is 0.892. The molecule has 1 aromatic heterocycles. The van der Waals surface area contributed by atoms with Gasteiger partial charge in [-0.05, 0) is 17.7 Å². The second-order valence-electron chi connectivity index (χ2n) is 3.92. The summed E-state index contributed by atoms with van der Waals surface area (Å²) in [5.74, 6) is -1.39. The van der Waals surface area contributed by atoms with Crippen molar-refractivity contribution in [3.63, 3.8) is 0 Å². The normalized spacial score (nSPS) is 10.3. The van der Waals surface area contributed by atoms with E-state index < -0.39 is 11.9 Å². The molecular formula is C13H9Cl2NO3S. The number of nitrogens with one attached hydrogen (secondary N) is 1. The summed E-state index contributed by atoms with van der Waals surface area (Å²) >= 11 is 12.8. The van der Waals surface area contributed by atoms with Crippen molar-refractivity contribution in [3.8, 4) is 0 Å². The summed E-state index contributed by atoms with van der Waals surface area (Å²) in [5.41, 5.74) is 1.23. The number of hydrogen-bond donors (Lipinski definition) is 2. The number of anilines is 1. The van der Waals surface area contributed by atoms with Crippen molar-refractivity contribution in [2.45, 2.75) is 6.42 Å². The Labute approximate surface area is 128 Å². The van der Waals surface area contributed by atoms with Crippen molar-refractivity contribution in [1.82, 2.24) is 0 Å². The highest BCUT2D eigenvalue weighted by molar-refractivity contribution is 7.20. The van der Waals surface area contributed by atoms with Gasteiger partial charge in [0.2, 0.25) is 0 Å². The van der Waals surface area contributed by atoms with E-state index in [0.717, 1.165) is 11.3 Å². The van der Waals surface area contributed by atoms with Crippen LogP contribution in [0.25, 0.3) is 0 Å². The van der Waals surface area contributed by atoms with E-state index in [4.69, 9.17) is 28.3 Å². The van der Waals surface area contributed by atoms with Crippen LogP contribution >= 0.6 is 34.5 Å². The van der Waals surface area contributed by atoms with E-state index >= 15 is 0 Å². The third-order valence-corrected chi connectivity index (χ3v) is 4.00. The monoisotopic (exact) mass is 329 g/mol. The average Bonchev–Trinajstić information content (AvgIpc) is 2.70. The number of carbonyl (C=O) groups excluding carboxylic acids is 1. The Morgan fingerprint density at radius 3 is 2.55 bits per heavy atom. The van der Waals surface area contributed by atoms with E-state index in [9.17, 15) is 9.59 Å². The fraction of sp³-hybridized carbons (Fsp3) is 0.0769. The van der Waals surface area contributed by atoms with Crippen LogP contribution in [0.1, 0.15) is 15.9 Å². The summed E-state index contributed by atoms with van der Waals surface area (Å²) in [6.45, 7) is 0. The molecule has 0 radical (unpaired) electrons. The SMILES string of the molecule is O=C(O)Cc1ccccc1NC(=O)c1cc(Cl)sc1Cl. The summed E-state index contributed by atoms with van der Waals surface area (Å²) in [6.07, 6.45) is -0.172. The topological polar surface area (TPSA) is 66.4 Å². The lowest BCUT2D eigenvalue weighted by atomic mass is 10.1. The molecule has 0 aliphatic carbocycles. The third kappa shape index (κ3) is 3.50. The Balaban J connectivity index is 2.24. The van der Waals surface area contributed by atoms with Gasteiger partial charge in [-0.1, -0.05) is 41.4 Å². The lowest BCUT2D eigenvalue weighted by molar-refractivity contribution is -0.136. The highest BCUT2D eigenvalue weighted by atomic mass is 35.5. The molecule has 1 aromatic carbocycles. The van der Waals surface area contributed by atoms with E-state index in [1.54, 1.807) is 24.3 Å². The second kappa shape index (κ2) is 6.26. The van der Waals surface area contributed by atoms with Gasteiger partial charge in [-0.25, -0.2) is 0 Å². The summed E-state index contributed by atoms with van der Waals surface area (Å²) in [5, 5.41) is 11.5. The molecule has 2 N–H and O–H groups in total. The number of amides is 1. The summed E-state index contributed by atoms with van der Waals surface area (Å²) < 4.78 is 0.710. The number of rotatable bonds is 4. The largest absolute Gasteiger partial charge is 0.481 e. The lowest BCUT2D eigenvalue weighted by Gasteiger charge is -2.09. The van der Waals surface area contributed by atoms with Crippen molar-refractivity contribution >= 4 is 52.1 Å². The molecule has 0 aliphatic rings. The first-order chi connectivity index (χ1) is 9.47. The fourth-order valence-corrected chi connectivity index (χ4v) is 3.10. The van der Waals surface area contributed by atoms with E-state index in [2.05, 4.69) is 5.32 Å². The van der Waals surface area contributed by atoms with Crippen LogP contribution in [0.2, 0.25) is 8.67 Å². The maximum Gasteiger partial charge on any atom is 0.307 e. The molecule has 0 unspecified atom stereocenters. The Morgan fingerprint density at radius 1 is 1.25 bits per heavy atom. The minimum absolute atomic E-state index is 0.172. The summed E-state index contributed by atoms with van der Waals surface area (Å²) in [7, 11) is 0. The van der Waals surface area contributed by atoms with Crippen molar-refractivity contribution in [2.75, 3.05) is 5.32 Å². The van der Waals surface area contributed by atoms with E-state index in [1.165, 1.54) is 6.07 Å². The van der Waals surface area contributed by atoms with Crippen LogP contribution in [0.5, 0.6) is 0 Å². The van der Waals surface area contributed by atoms with E-state index in [0.29, 0.717) is 19.9 Å². The number of aliphatic carboxylic acids is 1. The Morgan fingerprint density at radius 2 is 1.95 bits per heavy atom. The molecule has 104 valence electrons. The zero-order chi connectivity index (χ0) is 14.7. The van der Waals surface area contributed by atoms with Crippen molar-refractivity contribution in [2.24, 2.45) is 0 Å². The van der Waals surface area contributed by atoms with Crippen LogP contribution in [0, 0.1) is 0 Å². The highest BCUT2D eigenvalue weighted by Crippen LogP contribution is 2.31. The number of hydrogen-bond acceptors (Lipinski definition) is 3. The maximum atomic E-state index is 12.1. The van der Waals surface area contributed by atoms with Gasteiger partial charge in [-0.3, -0.25) is 9.59 Å². The third-order valence-electron chi connectivity index (χ3n) is 2.51. The molecular weight excluding hydrogens is 321 g/mol. The standard InChI is InChI=1S/C13H9Cl2NO3S/c14-10-6-8(12(15)20-10)13(19)16-9-4-2-1-3-7(9)5-11(17)18/h1-4,6H,5H2,(H,16,19)(H,17,18). The molecule has 1 amide bonds. The average molecular weight is 330 g/mol. The van der Waals surface area contributed by atoms with Crippen LogP contribution in [0.3, 0.4) is 0 Å². The molecule has 2 aromatic rings. The summed E-state index contributed by atoms with van der Waals surface area (Å²) in [4.78, 5) is 22.9. The van der Waals surface area contributed by atoms with Crippen LogP contribution in [-0.2, 0) is 11.2 Å². The van der Waals surface area contributed by atoms with E-state index in [1.807, 2.05) is 0 Å². The molecule has 7 heteroatoms. The van der Waals surface area contributed by atoms with Crippen molar-refractivity contribution in [1.29, 1.82) is 0 Å². The lowest BCUT2D eigenvalue weighted by Crippen LogP contribution is -2.14. The molecule has 0 atom stereocenters. The fourth-order valence-electron chi connectivity index (χ4n) is 1.64. The maximum absolute atomic E-state index is 12.1. The minimum atomic E-state index is -0.969. The number of carbonyl (C=O) groups is 2. The van der Waals surface area contributed by atoms with Gasteiger partial charge in [0, 0.05) is 5.69 Å². The van der Waals surface area contributed by atoms with E-state index in [-0.39, 0.29) is 12.0 Å². The smallest absolute Gasteiger partial charge is 0.307 e. The molecule has 0 spiro atoms. The van der Waals surface area contributed by atoms with Gasteiger partial charge in [-0.2, -0.15) is 0 Å². The molecule has 1 heterocycles. The minimum Gasteiger partial charge on any atom is -0.481 e. The van der Waals surface area contributed by atoms with Crippen LogP contribution in [0.4, 0.5) is 5.69 Å². The van der Waals surface area contributed by atoms with Crippen molar-refractivity contribution < 1.29 is 14.7 Å². The van der Waals surface area contributed by atoms with Gasteiger partial charge in [0.15, 0.2) is 0 Å². The molecule has 0 bridgehead atoms. The first-order valence-corrected chi connectivity index (χ1v) is 7.10. The number of thiophene rings is 1. The zero-order valence-electron chi connectivity index (χ0n) is 10.0. The molecule has 2 rings (SSSR count). The predicted octanol–water partition coefficient (Wildman–Crippen LogP) is 3.93. The van der Waals surface area contributed by atoms with Gasteiger partial charge in [0.1, 0.15) is 4.34 Å². The molecule has 0 aliphatic heterocycles. The number of benzene rings is 1. The van der Waals surface area contributed by atoms with Gasteiger partial charge in [-0.15, -0.1) is 11.3 Å². The Kier molecular flexibility index (Phi) is 4.65. The first kappa shape index (κ1) is 14.8. The second-order valence-corrected chi connectivity index (χ2v) is 6.21. The molecule has 4 nitrogen and oxygen atoms in total. The summed E-state index contributed by atoms with van der Waals surface area (Å²) in [6, 6.07) is 8.18. The zero-order valence-corrected chi connectivity index (χ0v) is 12.4. The molecule has 0 fully saturated rings. The van der Waals surface area contributed by atoms with Gasteiger partial charge < -0.3 is 10.4 Å². The van der Waals surface area contributed by atoms with Crippen molar-refractivity contribution in [3.05, 3.63) is 50.1 Å². The number of carboxylic acid groups (broad SMARTS) is 1. The Bertz CT molecular complexity index is 669. The van der Waals surface area contributed by atoms with Crippen LogP contribution in [-0.4, -0.2) is 17.0 Å².